The van der Waals surface area contributed by atoms with E-state index in [0.29, 0.717) is 17.5 Å². The summed E-state index contributed by atoms with van der Waals surface area (Å²) in [6.45, 7) is 7.37. The average Bonchev–Trinajstić information content (AvgIpc) is 3.34. The lowest BCUT2D eigenvalue weighted by molar-refractivity contribution is 0.0531. The van der Waals surface area contributed by atoms with Crippen molar-refractivity contribution < 1.29 is 9.53 Å². The van der Waals surface area contributed by atoms with E-state index in [1.165, 1.54) is 10.9 Å². The number of ether oxygens (including phenoxy) is 1. The number of nitrogens with one attached hydrogen (secondary N) is 1. The molecule has 0 spiro atoms. The van der Waals surface area contributed by atoms with Gasteiger partial charge in [-0.1, -0.05) is 12.1 Å². The Labute approximate surface area is 173 Å². The molecule has 4 rings (SSSR count). The van der Waals surface area contributed by atoms with Gasteiger partial charge in [-0.05, 0) is 45.9 Å². The maximum atomic E-state index is 12.5. The van der Waals surface area contributed by atoms with E-state index in [9.17, 15) is 4.79 Å². The fourth-order valence-electron chi connectivity index (χ4n) is 3.05. The summed E-state index contributed by atoms with van der Waals surface area (Å²) in [5.74, 6) is 1.11. The van der Waals surface area contributed by atoms with E-state index >= 15 is 0 Å². The molecule has 0 aliphatic heterocycles. The second-order valence-electron chi connectivity index (χ2n) is 7.88. The smallest absolute Gasteiger partial charge is 0.420 e. The third-order valence-electron chi connectivity index (χ3n) is 4.39. The van der Waals surface area contributed by atoms with Gasteiger partial charge in [0.2, 0.25) is 5.95 Å². The number of carbonyl (C=O) groups is 1. The second-order valence-corrected chi connectivity index (χ2v) is 7.88. The van der Waals surface area contributed by atoms with Crippen LogP contribution in [0, 0.1) is 0 Å². The minimum absolute atomic E-state index is 0.283. The number of carbonyl (C=O) groups excluding carboxylic acids is 1. The van der Waals surface area contributed by atoms with E-state index in [1.807, 2.05) is 62.6 Å². The summed E-state index contributed by atoms with van der Waals surface area (Å²) in [5.41, 5.74) is 1.89. The maximum Gasteiger partial charge on any atom is 0.420 e. The summed E-state index contributed by atoms with van der Waals surface area (Å²) in [5, 5.41) is 3.23. The van der Waals surface area contributed by atoms with Crippen LogP contribution in [0.15, 0.2) is 55.4 Å². The van der Waals surface area contributed by atoms with Gasteiger partial charge in [-0.25, -0.2) is 24.3 Å². The van der Waals surface area contributed by atoms with Crippen LogP contribution >= 0.6 is 0 Å². The molecule has 0 saturated carbocycles. The molecule has 4 aromatic rings. The molecule has 3 heterocycles. The molecule has 154 valence electrons. The van der Waals surface area contributed by atoms with Crippen LogP contribution in [0.2, 0.25) is 0 Å². The first-order valence-corrected chi connectivity index (χ1v) is 9.59. The molecule has 1 N–H and O–H groups in total. The fraction of sp³-hybridized carbons (Fsp3) is 0.286. The summed E-state index contributed by atoms with van der Waals surface area (Å²) >= 11 is 0. The van der Waals surface area contributed by atoms with Crippen molar-refractivity contribution in [1.82, 2.24) is 29.1 Å². The number of anilines is 1. The number of benzene rings is 1. The standard InChI is InChI=1S/C21H23N7O2/c1-14(17-11-22-12-28(17)20(29)30-21(2,3)4)25-19-23-10-9-18(26-19)27-13-24-15-7-5-6-8-16(15)27/h5-14H,1-4H3,(H,23,25,26). The van der Waals surface area contributed by atoms with Crippen molar-refractivity contribution >= 4 is 23.1 Å². The van der Waals surface area contributed by atoms with Gasteiger partial charge < -0.3 is 10.1 Å². The first-order valence-electron chi connectivity index (χ1n) is 9.59. The van der Waals surface area contributed by atoms with Crippen LogP contribution in [-0.2, 0) is 4.74 Å². The minimum Gasteiger partial charge on any atom is -0.443 e. The zero-order valence-electron chi connectivity index (χ0n) is 17.3. The summed E-state index contributed by atoms with van der Waals surface area (Å²) < 4.78 is 8.73. The highest BCUT2D eigenvalue weighted by Gasteiger charge is 2.22. The molecule has 0 fully saturated rings. The number of hydrogen-bond donors (Lipinski definition) is 1. The molecule has 1 aromatic carbocycles. The van der Waals surface area contributed by atoms with Crippen molar-refractivity contribution in [2.24, 2.45) is 0 Å². The highest BCUT2D eigenvalue weighted by atomic mass is 16.6. The SMILES string of the molecule is CC(Nc1nccc(-n2cnc3ccccc32)n1)c1cncn1C(=O)OC(C)(C)C. The Balaban J connectivity index is 1.57. The largest absolute Gasteiger partial charge is 0.443 e. The number of para-hydroxylation sites is 2. The number of hydrogen-bond acceptors (Lipinski definition) is 7. The van der Waals surface area contributed by atoms with Crippen LogP contribution in [-0.4, -0.2) is 40.8 Å². The van der Waals surface area contributed by atoms with Gasteiger partial charge in [-0.15, -0.1) is 0 Å². The van der Waals surface area contributed by atoms with Gasteiger partial charge >= 0.3 is 6.09 Å². The third kappa shape index (κ3) is 4.00. The quantitative estimate of drug-likeness (QED) is 0.548. The van der Waals surface area contributed by atoms with Crippen LogP contribution in [0.5, 0.6) is 0 Å². The van der Waals surface area contributed by atoms with Crippen molar-refractivity contribution in [3.05, 3.63) is 61.1 Å². The van der Waals surface area contributed by atoms with Crippen LogP contribution in [0.3, 0.4) is 0 Å². The lowest BCUT2D eigenvalue weighted by Gasteiger charge is -2.21. The summed E-state index contributed by atoms with van der Waals surface area (Å²) in [6.07, 6.45) is 5.99. The van der Waals surface area contributed by atoms with Crippen LogP contribution in [0.4, 0.5) is 10.7 Å². The van der Waals surface area contributed by atoms with Crippen molar-refractivity contribution in [2.45, 2.75) is 39.3 Å². The van der Waals surface area contributed by atoms with Gasteiger partial charge in [-0.2, -0.15) is 4.98 Å². The highest BCUT2D eigenvalue weighted by molar-refractivity contribution is 5.76. The Morgan fingerprint density at radius 1 is 1.13 bits per heavy atom. The summed E-state index contributed by atoms with van der Waals surface area (Å²) in [7, 11) is 0. The molecule has 0 aliphatic rings. The Bertz CT molecular complexity index is 1190. The van der Waals surface area contributed by atoms with Gasteiger partial charge in [0.15, 0.2) is 0 Å². The first-order chi connectivity index (χ1) is 14.3. The lowest BCUT2D eigenvalue weighted by atomic mass is 10.2. The lowest BCUT2D eigenvalue weighted by Crippen LogP contribution is -2.28. The molecule has 30 heavy (non-hydrogen) atoms. The molecule has 3 aromatic heterocycles. The van der Waals surface area contributed by atoms with Gasteiger partial charge in [-0.3, -0.25) is 4.57 Å². The van der Waals surface area contributed by atoms with Crippen molar-refractivity contribution in [1.29, 1.82) is 0 Å². The molecule has 0 aliphatic carbocycles. The van der Waals surface area contributed by atoms with Crippen LogP contribution in [0.1, 0.15) is 39.4 Å². The zero-order chi connectivity index (χ0) is 21.3. The summed E-state index contributed by atoms with van der Waals surface area (Å²) in [4.78, 5) is 29.9. The fourth-order valence-corrected chi connectivity index (χ4v) is 3.05. The van der Waals surface area contributed by atoms with Crippen molar-refractivity contribution in [3.63, 3.8) is 0 Å². The van der Waals surface area contributed by atoms with Crippen LogP contribution in [0.25, 0.3) is 16.9 Å². The maximum absolute atomic E-state index is 12.5. The average molecular weight is 405 g/mol. The normalized spacial score (nSPS) is 12.7. The van der Waals surface area contributed by atoms with E-state index in [1.54, 1.807) is 18.7 Å². The van der Waals surface area contributed by atoms with Gasteiger partial charge in [0.25, 0.3) is 0 Å². The van der Waals surface area contributed by atoms with Gasteiger partial charge in [0.1, 0.15) is 24.1 Å². The Morgan fingerprint density at radius 2 is 1.93 bits per heavy atom. The number of imidazole rings is 2. The Hall–Kier alpha value is -3.75. The van der Waals surface area contributed by atoms with E-state index in [-0.39, 0.29) is 6.04 Å². The minimum atomic E-state index is -0.597. The predicted octanol–water partition coefficient (Wildman–Crippen LogP) is 3.97. The predicted molar refractivity (Wildman–Crippen MR) is 113 cm³/mol. The molecular formula is C21H23N7O2. The van der Waals surface area contributed by atoms with E-state index in [2.05, 4.69) is 25.3 Å². The van der Waals surface area contributed by atoms with E-state index in [4.69, 9.17) is 4.74 Å². The summed E-state index contributed by atoms with van der Waals surface area (Å²) in [6, 6.07) is 9.37. The number of rotatable bonds is 4. The topological polar surface area (TPSA) is 99.8 Å². The first kappa shape index (κ1) is 19.6. The second kappa shape index (κ2) is 7.58. The molecule has 9 nitrogen and oxygen atoms in total. The van der Waals surface area contributed by atoms with E-state index in [0.717, 1.165) is 11.0 Å². The Morgan fingerprint density at radius 3 is 2.73 bits per heavy atom. The van der Waals surface area contributed by atoms with Crippen LogP contribution < -0.4 is 5.32 Å². The number of aromatic nitrogens is 6. The molecule has 1 atom stereocenters. The van der Waals surface area contributed by atoms with Crippen molar-refractivity contribution in [3.8, 4) is 5.82 Å². The number of fused-ring (bicyclic) bond motifs is 1. The molecule has 0 saturated heterocycles. The molecule has 1 unspecified atom stereocenters. The highest BCUT2D eigenvalue weighted by Crippen LogP contribution is 2.20. The van der Waals surface area contributed by atoms with E-state index < -0.39 is 11.7 Å². The number of nitrogens with zero attached hydrogens (tertiary/aromatic N) is 6. The Kier molecular flexibility index (Phi) is 4.94. The monoisotopic (exact) mass is 405 g/mol. The third-order valence-corrected chi connectivity index (χ3v) is 4.39. The molecular weight excluding hydrogens is 382 g/mol. The molecule has 0 amide bonds. The van der Waals surface area contributed by atoms with Gasteiger partial charge in [0.05, 0.1) is 29.0 Å². The molecule has 9 heteroatoms. The zero-order valence-corrected chi connectivity index (χ0v) is 17.3. The van der Waals surface area contributed by atoms with Crippen molar-refractivity contribution in [2.75, 3.05) is 5.32 Å². The van der Waals surface area contributed by atoms with Gasteiger partial charge in [0, 0.05) is 6.20 Å². The molecule has 0 radical (unpaired) electrons. The molecule has 0 bridgehead atoms.